The lowest BCUT2D eigenvalue weighted by molar-refractivity contribution is -0.896. The smallest absolute Gasteiger partial charge is 0.315 e. The van der Waals surface area contributed by atoms with E-state index in [1.165, 1.54) is 4.90 Å². The van der Waals surface area contributed by atoms with Crippen LogP contribution < -0.4 is 25.2 Å². The summed E-state index contributed by atoms with van der Waals surface area (Å²) >= 11 is 0. The van der Waals surface area contributed by atoms with Gasteiger partial charge >= 0.3 is 6.03 Å². The van der Waals surface area contributed by atoms with Gasteiger partial charge in [0.1, 0.15) is 5.75 Å². The molecule has 3 amide bonds. The van der Waals surface area contributed by atoms with E-state index in [-0.39, 0.29) is 18.0 Å². The number of benzene rings is 1. The normalized spacial score (nSPS) is 16.8. The van der Waals surface area contributed by atoms with Crippen molar-refractivity contribution in [1.29, 1.82) is 0 Å². The number of methoxy groups -OCH3 is 1. The van der Waals surface area contributed by atoms with Crippen LogP contribution in [-0.2, 0) is 4.79 Å². The molecular weight excluding hydrogens is 332 g/mol. The van der Waals surface area contributed by atoms with Gasteiger partial charge in [-0.2, -0.15) is 0 Å². The van der Waals surface area contributed by atoms with E-state index in [0.29, 0.717) is 19.5 Å². The van der Waals surface area contributed by atoms with Gasteiger partial charge in [0, 0.05) is 31.6 Å². The molecule has 0 aliphatic carbocycles. The van der Waals surface area contributed by atoms with E-state index < -0.39 is 0 Å². The molecule has 0 unspecified atom stereocenters. The van der Waals surface area contributed by atoms with E-state index in [0.717, 1.165) is 37.5 Å². The van der Waals surface area contributed by atoms with E-state index in [1.54, 1.807) is 12.0 Å². The summed E-state index contributed by atoms with van der Waals surface area (Å²) in [7, 11) is 1.61. The molecule has 26 heavy (non-hydrogen) atoms. The molecule has 0 aromatic heterocycles. The SMILES string of the molecule is CC[NH+](CC)CCCNC(=O)N[C@H]1CC(=O)N(c2ccc(OC)cc2)C1. The van der Waals surface area contributed by atoms with E-state index >= 15 is 0 Å². The van der Waals surface area contributed by atoms with E-state index in [2.05, 4.69) is 24.5 Å². The molecule has 1 saturated heterocycles. The molecule has 1 aliphatic rings. The molecule has 1 heterocycles. The van der Waals surface area contributed by atoms with Crippen LogP contribution in [0.3, 0.4) is 0 Å². The summed E-state index contributed by atoms with van der Waals surface area (Å²) in [5.41, 5.74) is 0.822. The second kappa shape index (κ2) is 10.0. The fourth-order valence-corrected chi connectivity index (χ4v) is 3.20. The van der Waals surface area contributed by atoms with Crippen molar-refractivity contribution in [3.63, 3.8) is 0 Å². The Kier molecular flexibility index (Phi) is 7.72. The average Bonchev–Trinajstić information content (AvgIpc) is 3.02. The van der Waals surface area contributed by atoms with Crippen molar-refractivity contribution in [1.82, 2.24) is 10.6 Å². The highest BCUT2D eigenvalue weighted by Crippen LogP contribution is 2.24. The van der Waals surface area contributed by atoms with E-state index in [1.807, 2.05) is 24.3 Å². The van der Waals surface area contributed by atoms with Gasteiger partial charge in [0.05, 0.1) is 32.8 Å². The largest absolute Gasteiger partial charge is 0.497 e. The van der Waals surface area contributed by atoms with Crippen LogP contribution in [0.2, 0.25) is 0 Å². The Bertz CT molecular complexity index is 587. The zero-order chi connectivity index (χ0) is 18.9. The Hall–Kier alpha value is -2.28. The number of carbonyl (C=O) groups is 2. The van der Waals surface area contributed by atoms with Crippen molar-refractivity contribution >= 4 is 17.6 Å². The van der Waals surface area contributed by atoms with Gasteiger partial charge in [0.2, 0.25) is 5.91 Å². The second-order valence-electron chi connectivity index (χ2n) is 6.56. The molecule has 1 aromatic rings. The number of carbonyl (C=O) groups excluding carboxylic acids is 2. The summed E-state index contributed by atoms with van der Waals surface area (Å²) in [6.45, 7) is 8.75. The Morgan fingerprint density at radius 1 is 1.27 bits per heavy atom. The Morgan fingerprint density at radius 3 is 2.58 bits per heavy atom. The fraction of sp³-hybridized carbons (Fsp3) is 0.579. The summed E-state index contributed by atoms with van der Waals surface area (Å²) in [5, 5.41) is 5.79. The number of hydrogen-bond donors (Lipinski definition) is 3. The predicted octanol–water partition coefficient (Wildman–Crippen LogP) is 0.415. The zero-order valence-electron chi connectivity index (χ0n) is 16.0. The highest BCUT2D eigenvalue weighted by molar-refractivity contribution is 5.96. The first-order chi connectivity index (χ1) is 12.6. The molecular formula is C19H31N4O3+. The highest BCUT2D eigenvalue weighted by atomic mass is 16.5. The first-order valence-corrected chi connectivity index (χ1v) is 9.39. The molecule has 7 heteroatoms. The molecule has 1 atom stereocenters. The van der Waals surface area contributed by atoms with Gasteiger partial charge in [0.15, 0.2) is 0 Å². The van der Waals surface area contributed by atoms with Gasteiger partial charge in [-0.15, -0.1) is 0 Å². The second-order valence-corrected chi connectivity index (χ2v) is 6.56. The molecule has 0 spiro atoms. The zero-order valence-corrected chi connectivity index (χ0v) is 16.0. The Morgan fingerprint density at radius 2 is 1.96 bits per heavy atom. The number of hydrogen-bond acceptors (Lipinski definition) is 3. The Labute approximate surface area is 155 Å². The van der Waals surface area contributed by atoms with E-state index in [9.17, 15) is 9.59 Å². The van der Waals surface area contributed by atoms with Crippen molar-refractivity contribution in [2.75, 3.05) is 44.7 Å². The molecule has 2 rings (SSSR count). The van der Waals surface area contributed by atoms with Gasteiger partial charge in [-0.05, 0) is 38.1 Å². The maximum Gasteiger partial charge on any atom is 0.315 e. The molecule has 0 saturated carbocycles. The molecule has 144 valence electrons. The van der Waals surface area contributed by atoms with Crippen LogP contribution in [0.4, 0.5) is 10.5 Å². The predicted molar refractivity (Wildman–Crippen MR) is 102 cm³/mol. The van der Waals surface area contributed by atoms with Gasteiger partial charge in [0.25, 0.3) is 0 Å². The van der Waals surface area contributed by atoms with Crippen LogP contribution in [0, 0.1) is 0 Å². The van der Waals surface area contributed by atoms with E-state index in [4.69, 9.17) is 4.74 Å². The topological polar surface area (TPSA) is 75.1 Å². The van der Waals surface area contributed by atoms with Gasteiger partial charge < -0.3 is 25.2 Å². The average molecular weight is 363 g/mol. The van der Waals surface area contributed by atoms with Crippen molar-refractivity contribution in [3.05, 3.63) is 24.3 Å². The number of anilines is 1. The minimum Gasteiger partial charge on any atom is -0.497 e. The van der Waals surface area contributed by atoms with Crippen LogP contribution in [0.15, 0.2) is 24.3 Å². The molecule has 1 fully saturated rings. The minimum absolute atomic E-state index is 0.0191. The van der Waals surface area contributed by atoms with Crippen molar-refractivity contribution in [3.8, 4) is 5.75 Å². The first-order valence-electron chi connectivity index (χ1n) is 9.39. The minimum atomic E-state index is -0.200. The van der Waals surface area contributed by atoms with Crippen molar-refractivity contribution in [2.24, 2.45) is 0 Å². The monoisotopic (exact) mass is 363 g/mol. The molecule has 0 bridgehead atoms. The van der Waals surface area contributed by atoms with Gasteiger partial charge in [-0.1, -0.05) is 0 Å². The quantitative estimate of drug-likeness (QED) is 0.557. The highest BCUT2D eigenvalue weighted by Gasteiger charge is 2.31. The lowest BCUT2D eigenvalue weighted by atomic mass is 10.2. The van der Waals surface area contributed by atoms with Crippen LogP contribution in [0.1, 0.15) is 26.7 Å². The number of quaternary nitrogens is 1. The number of rotatable bonds is 9. The van der Waals surface area contributed by atoms with Gasteiger partial charge in [-0.25, -0.2) is 4.79 Å². The lowest BCUT2D eigenvalue weighted by Crippen LogP contribution is -3.11. The standard InChI is InChI=1S/C19H30N4O3/c1-4-22(5-2)12-6-11-20-19(25)21-15-13-18(24)23(14-15)16-7-9-17(26-3)10-8-16/h7-10,15H,4-6,11-14H2,1-3H3,(H2,20,21,25)/p+1/t15-/m0/s1. The maximum absolute atomic E-state index is 12.2. The summed E-state index contributed by atoms with van der Waals surface area (Å²) in [6.07, 6.45) is 1.27. The van der Waals surface area contributed by atoms with Crippen LogP contribution in [0.25, 0.3) is 0 Å². The molecule has 1 aromatic carbocycles. The van der Waals surface area contributed by atoms with Crippen molar-refractivity contribution in [2.45, 2.75) is 32.7 Å². The fourth-order valence-electron chi connectivity index (χ4n) is 3.20. The first kappa shape index (κ1) is 20.0. The number of nitrogens with zero attached hydrogens (tertiary/aromatic N) is 1. The third kappa shape index (κ3) is 5.62. The lowest BCUT2D eigenvalue weighted by Gasteiger charge is -2.18. The summed E-state index contributed by atoms with van der Waals surface area (Å²) in [6, 6.07) is 7.00. The molecule has 0 radical (unpaired) electrons. The number of amides is 3. The Balaban J connectivity index is 1.74. The van der Waals surface area contributed by atoms with Crippen LogP contribution in [-0.4, -0.2) is 57.8 Å². The summed E-state index contributed by atoms with van der Waals surface area (Å²) < 4.78 is 5.14. The molecule has 3 N–H and O–H groups in total. The third-order valence-corrected chi connectivity index (χ3v) is 4.84. The van der Waals surface area contributed by atoms with Crippen LogP contribution >= 0.6 is 0 Å². The third-order valence-electron chi connectivity index (χ3n) is 4.84. The summed E-state index contributed by atoms with van der Waals surface area (Å²) in [4.78, 5) is 27.5. The summed E-state index contributed by atoms with van der Waals surface area (Å²) in [5.74, 6) is 0.770. The maximum atomic E-state index is 12.2. The number of ether oxygens (including phenoxy) is 1. The van der Waals surface area contributed by atoms with Gasteiger partial charge in [-0.3, -0.25) is 4.79 Å². The number of nitrogens with one attached hydrogen (secondary N) is 3. The van der Waals surface area contributed by atoms with Crippen molar-refractivity contribution < 1.29 is 19.2 Å². The molecule has 1 aliphatic heterocycles. The van der Waals surface area contributed by atoms with Crippen LogP contribution in [0.5, 0.6) is 5.75 Å². The molecule has 7 nitrogen and oxygen atoms in total. The number of urea groups is 1.